The van der Waals surface area contributed by atoms with Gasteiger partial charge in [-0.05, 0) is 27.0 Å². The average molecular weight is 274 g/mol. The van der Waals surface area contributed by atoms with E-state index in [1.807, 2.05) is 29.1 Å². The maximum absolute atomic E-state index is 5.14. The van der Waals surface area contributed by atoms with Gasteiger partial charge in [-0.25, -0.2) is 4.98 Å². The van der Waals surface area contributed by atoms with Crippen LogP contribution < -0.4 is 4.74 Å². The standard InChI is InChI=1S/C15H22N4O/c1-12(2)19-10-13(8-16-19)9-18(3)11-14-6-5-7-15(17-14)20-4/h5-8,10,12H,9,11H2,1-4H3. The molecule has 2 aromatic heterocycles. The molecule has 0 unspecified atom stereocenters. The van der Waals surface area contributed by atoms with Crippen LogP contribution in [0.25, 0.3) is 0 Å². The molecule has 2 aromatic rings. The zero-order valence-electron chi connectivity index (χ0n) is 12.6. The van der Waals surface area contributed by atoms with Gasteiger partial charge in [0, 0.05) is 37.0 Å². The summed E-state index contributed by atoms with van der Waals surface area (Å²) in [5, 5.41) is 4.36. The van der Waals surface area contributed by atoms with Crippen molar-refractivity contribution in [2.75, 3.05) is 14.2 Å². The van der Waals surface area contributed by atoms with Crippen LogP contribution in [0.1, 0.15) is 31.1 Å². The molecule has 0 bridgehead atoms. The van der Waals surface area contributed by atoms with E-state index in [0.717, 1.165) is 18.8 Å². The summed E-state index contributed by atoms with van der Waals surface area (Å²) < 4.78 is 7.12. The van der Waals surface area contributed by atoms with Crippen molar-refractivity contribution in [2.24, 2.45) is 0 Å². The predicted molar refractivity (Wildman–Crippen MR) is 78.6 cm³/mol. The van der Waals surface area contributed by atoms with E-state index in [4.69, 9.17) is 4.74 Å². The molecule has 0 N–H and O–H groups in total. The van der Waals surface area contributed by atoms with Crippen LogP contribution in [-0.4, -0.2) is 33.8 Å². The van der Waals surface area contributed by atoms with Gasteiger partial charge in [-0.3, -0.25) is 9.58 Å². The Balaban J connectivity index is 1.95. The van der Waals surface area contributed by atoms with Crippen molar-refractivity contribution in [2.45, 2.75) is 33.0 Å². The number of hydrogen-bond acceptors (Lipinski definition) is 4. The molecular weight excluding hydrogens is 252 g/mol. The SMILES string of the molecule is COc1cccc(CN(C)Cc2cnn(C(C)C)c2)n1. The molecule has 108 valence electrons. The smallest absolute Gasteiger partial charge is 0.213 e. The van der Waals surface area contributed by atoms with Gasteiger partial charge in [-0.2, -0.15) is 5.10 Å². The van der Waals surface area contributed by atoms with Crippen LogP contribution >= 0.6 is 0 Å². The van der Waals surface area contributed by atoms with Crippen LogP contribution in [-0.2, 0) is 13.1 Å². The van der Waals surface area contributed by atoms with E-state index in [2.05, 4.69) is 42.1 Å². The van der Waals surface area contributed by atoms with E-state index in [1.54, 1.807) is 7.11 Å². The van der Waals surface area contributed by atoms with Crippen molar-refractivity contribution >= 4 is 0 Å². The highest BCUT2D eigenvalue weighted by molar-refractivity contribution is 5.15. The molecule has 2 heterocycles. The summed E-state index contributed by atoms with van der Waals surface area (Å²) in [7, 11) is 3.71. The van der Waals surface area contributed by atoms with Crippen molar-refractivity contribution in [3.63, 3.8) is 0 Å². The number of ether oxygens (including phenoxy) is 1. The van der Waals surface area contributed by atoms with Gasteiger partial charge in [0.05, 0.1) is 19.0 Å². The lowest BCUT2D eigenvalue weighted by atomic mass is 10.3. The average Bonchev–Trinajstić information content (AvgIpc) is 2.87. The molecule has 5 nitrogen and oxygen atoms in total. The fourth-order valence-corrected chi connectivity index (χ4v) is 2.04. The van der Waals surface area contributed by atoms with E-state index in [0.29, 0.717) is 11.9 Å². The third kappa shape index (κ3) is 3.81. The van der Waals surface area contributed by atoms with Crippen molar-refractivity contribution < 1.29 is 4.74 Å². The number of methoxy groups -OCH3 is 1. The van der Waals surface area contributed by atoms with Crippen LogP contribution in [0, 0.1) is 0 Å². The molecule has 0 saturated carbocycles. The first-order valence-corrected chi connectivity index (χ1v) is 6.80. The van der Waals surface area contributed by atoms with E-state index in [9.17, 15) is 0 Å². The van der Waals surface area contributed by atoms with Gasteiger partial charge in [-0.15, -0.1) is 0 Å². The molecule has 0 saturated heterocycles. The van der Waals surface area contributed by atoms with Crippen molar-refractivity contribution in [3.8, 4) is 5.88 Å². The number of pyridine rings is 1. The second-order valence-electron chi connectivity index (χ2n) is 5.27. The first-order valence-electron chi connectivity index (χ1n) is 6.80. The lowest BCUT2D eigenvalue weighted by molar-refractivity contribution is 0.311. The number of nitrogens with zero attached hydrogens (tertiary/aromatic N) is 4. The van der Waals surface area contributed by atoms with Crippen LogP contribution in [0.2, 0.25) is 0 Å². The molecule has 0 amide bonds. The Kier molecular flexibility index (Phi) is 4.74. The molecule has 0 aliphatic carbocycles. The molecule has 0 spiro atoms. The lowest BCUT2D eigenvalue weighted by Gasteiger charge is -2.15. The highest BCUT2D eigenvalue weighted by Crippen LogP contribution is 2.11. The Hall–Kier alpha value is -1.88. The first kappa shape index (κ1) is 14.5. The molecule has 0 atom stereocenters. The van der Waals surface area contributed by atoms with Gasteiger partial charge >= 0.3 is 0 Å². The van der Waals surface area contributed by atoms with Gasteiger partial charge in [0.1, 0.15) is 0 Å². The van der Waals surface area contributed by atoms with Crippen molar-refractivity contribution in [1.29, 1.82) is 0 Å². The summed E-state index contributed by atoms with van der Waals surface area (Å²) in [6.45, 7) is 5.89. The Morgan fingerprint density at radius 1 is 1.30 bits per heavy atom. The molecular formula is C15H22N4O. The highest BCUT2D eigenvalue weighted by Gasteiger charge is 2.07. The summed E-state index contributed by atoms with van der Waals surface area (Å²) in [6.07, 6.45) is 4.02. The van der Waals surface area contributed by atoms with Crippen molar-refractivity contribution in [3.05, 3.63) is 41.9 Å². The van der Waals surface area contributed by atoms with E-state index >= 15 is 0 Å². The fraction of sp³-hybridized carbons (Fsp3) is 0.467. The Morgan fingerprint density at radius 2 is 2.10 bits per heavy atom. The second-order valence-corrected chi connectivity index (χ2v) is 5.27. The molecule has 0 aromatic carbocycles. The quantitative estimate of drug-likeness (QED) is 0.811. The molecule has 2 rings (SSSR count). The van der Waals surface area contributed by atoms with Gasteiger partial charge in [-0.1, -0.05) is 6.07 Å². The van der Waals surface area contributed by atoms with E-state index < -0.39 is 0 Å². The second kappa shape index (κ2) is 6.52. The van der Waals surface area contributed by atoms with Gasteiger partial charge < -0.3 is 4.74 Å². The molecule has 5 heteroatoms. The van der Waals surface area contributed by atoms with Gasteiger partial charge in [0.2, 0.25) is 5.88 Å². The third-order valence-electron chi connectivity index (χ3n) is 3.06. The van der Waals surface area contributed by atoms with Gasteiger partial charge in [0.15, 0.2) is 0 Å². The van der Waals surface area contributed by atoms with Crippen LogP contribution in [0.15, 0.2) is 30.6 Å². The maximum atomic E-state index is 5.14. The van der Waals surface area contributed by atoms with Crippen LogP contribution in [0.4, 0.5) is 0 Å². The molecule has 0 radical (unpaired) electrons. The number of aromatic nitrogens is 3. The summed E-state index contributed by atoms with van der Waals surface area (Å²) in [4.78, 5) is 6.63. The zero-order chi connectivity index (χ0) is 14.5. The van der Waals surface area contributed by atoms with Crippen molar-refractivity contribution in [1.82, 2.24) is 19.7 Å². The predicted octanol–water partition coefficient (Wildman–Crippen LogP) is 2.50. The lowest BCUT2D eigenvalue weighted by Crippen LogP contribution is -2.17. The third-order valence-corrected chi connectivity index (χ3v) is 3.06. The van der Waals surface area contributed by atoms with Gasteiger partial charge in [0.25, 0.3) is 0 Å². The summed E-state index contributed by atoms with van der Waals surface area (Å²) in [5.74, 6) is 0.656. The minimum atomic E-state index is 0.397. The minimum absolute atomic E-state index is 0.397. The Bertz CT molecular complexity index is 550. The van der Waals surface area contributed by atoms with E-state index in [-0.39, 0.29) is 0 Å². The van der Waals surface area contributed by atoms with E-state index in [1.165, 1.54) is 5.56 Å². The normalized spacial score (nSPS) is 11.3. The monoisotopic (exact) mass is 274 g/mol. The minimum Gasteiger partial charge on any atom is -0.481 e. The largest absolute Gasteiger partial charge is 0.481 e. The molecule has 20 heavy (non-hydrogen) atoms. The molecule has 0 aliphatic heterocycles. The summed E-state index contributed by atoms with van der Waals surface area (Å²) >= 11 is 0. The Morgan fingerprint density at radius 3 is 2.75 bits per heavy atom. The fourth-order valence-electron chi connectivity index (χ4n) is 2.04. The van der Waals surface area contributed by atoms with Crippen LogP contribution in [0.5, 0.6) is 5.88 Å². The topological polar surface area (TPSA) is 43.2 Å². The number of hydrogen-bond donors (Lipinski definition) is 0. The zero-order valence-corrected chi connectivity index (χ0v) is 12.6. The number of rotatable bonds is 6. The van der Waals surface area contributed by atoms with Crippen LogP contribution in [0.3, 0.4) is 0 Å². The summed E-state index contributed by atoms with van der Waals surface area (Å²) in [6, 6.07) is 6.23. The first-order chi connectivity index (χ1) is 9.58. The summed E-state index contributed by atoms with van der Waals surface area (Å²) in [5.41, 5.74) is 2.21. The molecule has 0 fully saturated rings. The molecule has 0 aliphatic rings. The Labute approximate surface area is 120 Å². The highest BCUT2D eigenvalue weighted by atomic mass is 16.5. The maximum Gasteiger partial charge on any atom is 0.213 e.